The van der Waals surface area contributed by atoms with Gasteiger partial charge < -0.3 is 0 Å². The van der Waals surface area contributed by atoms with Crippen molar-refractivity contribution in [1.29, 1.82) is 0 Å². The molecule has 0 atom stereocenters. The van der Waals surface area contributed by atoms with E-state index in [0.29, 0.717) is 0 Å². The van der Waals surface area contributed by atoms with Crippen LogP contribution in [0.5, 0.6) is 0 Å². The maximum atomic E-state index is 3.72. The van der Waals surface area contributed by atoms with Crippen molar-refractivity contribution in [2.75, 3.05) is 0 Å². The van der Waals surface area contributed by atoms with E-state index < -0.39 is 0 Å². The summed E-state index contributed by atoms with van der Waals surface area (Å²) in [6.07, 6.45) is 0. The van der Waals surface area contributed by atoms with Crippen LogP contribution in [0.2, 0.25) is 0 Å². The number of benzene rings is 4. The number of rotatable bonds is 2. The monoisotopic (exact) mass is 424 g/mol. The van der Waals surface area contributed by atoms with Gasteiger partial charge in [-0.25, -0.2) is 0 Å². The molecular formula is C27H21Br. The van der Waals surface area contributed by atoms with Gasteiger partial charge in [0.25, 0.3) is 0 Å². The molecule has 5 rings (SSSR count). The van der Waals surface area contributed by atoms with Gasteiger partial charge in [0.1, 0.15) is 0 Å². The Hall–Kier alpha value is -2.64. The Labute approximate surface area is 175 Å². The molecule has 0 unspecified atom stereocenters. The second-order valence-electron chi connectivity index (χ2n) is 8.03. The van der Waals surface area contributed by atoms with Gasteiger partial charge in [0.2, 0.25) is 0 Å². The van der Waals surface area contributed by atoms with Crippen LogP contribution in [0.3, 0.4) is 0 Å². The van der Waals surface area contributed by atoms with Crippen LogP contribution in [-0.2, 0) is 5.41 Å². The molecule has 0 heterocycles. The summed E-state index contributed by atoms with van der Waals surface area (Å²) in [5.74, 6) is 0. The quantitative estimate of drug-likeness (QED) is 0.304. The average molecular weight is 425 g/mol. The van der Waals surface area contributed by atoms with E-state index in [0.717, 1.165) is 4.47 Å². The highest BCUT2D eigenvalue weighted by Crippen LogP contribution is 2.49. The van der Waals surface area contributed by atoms with E-state index in [-0.39, 0.29) is 5.41 Å². The fourth-order valence-electron chi connectivity index (χ4n) is 4.44. The molecule has 4 aromatic rings. The summed E-state index contributed by atoms with van der Waals surface area (Å²) in [4.78, 5) is 0. The summed E-state index contributed by atoms with van der Waals surface area (Å²) in [7, 11) is 0. The topological polar surface area (TPSA) is 0 Å². The Balaban J connectivity index is 1.65. The molecule has 136 valence electrons. The third-order valence-corrected chi connectivity index (χ3v) is 6.38. The first-order chi connectivity index (χ1) is 13.5. The van der Waals surface area contributed by atoms with Gasteiger partial charge in [0.15, 0.2) is 0 Å². The van der Waals surface area contributed by atoms with Crippen LogP contribution in [0, 0.1) is 0 Å². The number of halogens is 1. The van der Waals surface area contributed by atoms with Gasteiger partial charge in [-0.2, -0.15) is 0 Å². The van der Waals surface area contributed by atoms with E-state index >= 15 is 0 Å². The van der Waals surface area contributed by atoms with Crippen LogP contribution >= 0.6 is 15.9 Å². The lowest BCUT2D eigenvalue weighted by atomic mass is 9.81. The molecular weight excluding hydrogens is 404 g/mol. The zero-order valence-corrected chi connectivity index (χ0v) is 17.6. The molecule has 1 aliphatic rings. The van der Waals surface area contributed by atoms with Gasteiger partial charge in [0.05, 0.1) is 0 Å². The van der Waals surface area contributed by atoms with Gasteiger partial charge >= 0.3 is 0 Å². The Bertz CT molecular complexity index is 1190. The van der Waals surface area contributed by atoms with Crippen molar-refractivity contribution in [1.82, 2.24) is 0 Å². The van der Waals surface area contributed by atoms with Gasteiger partial charge in [-0.15, -0.1) is 0 Å². The molecule has 28 heavy (non-hydrogen) atoms. The lowest BCUT2D eigenvalue weighted by Crippen LogP contribution is -2.14. The lowest BCUT2D eigenvalue weighted by molar-refractivity contribution is 0.660. The number of fused-ring (bicyclic) bond motifs is 3. The molecule has 0 N–H and O–H groups in total. The molecule has 0 amide bonds. The Morgan fingerprint density at radius 2 is 1.18 bits per heavy atom. The van der Waals surface area contributed by atoms with Crippen LogP contribution < -0.4 is 0 Å². The zero-order valence-electron chi connectivity index (χ0n) is 16.0. The second kappa shape index (κ2) is 6.46. The van der Waals surface area contributed by atoms with Gasteiger partial charge in [-0.05, 0) is 68.8 Å². The smallest absolute Gasteiger partial charge is 0.0187 e. The molecule has 0 aromatic heterocycles. The summed E-state index contributed by atoms with van der Waals surface area (Å²) >= 11 is 3.72. The highest BCUT2D eigenvalue weighted by atomic mass is 79.9. The Morgan fingerprint density at radius 3 is 1.96 bits per heavy atom. The normalized spacial score (nSPS) is 13.8. The average Bonchev–Trinajstić information content (AvgIpc) is 2.95. The minimum atomic E-state index is 0.0240. The fourth-order valence-corrected chi connectivity index (χ4v) is 4.93. The molecule has 0 aliphatic heterocycles. The third kappa shape index (κ3) is 2.73. The largest absolute Gasteiger partial charge is 0.0622 e. The molecule has 0 saturated carbocycles. The Morgan fingerprint density at radius 1 is 0.536 bits per heavy atom. The molecule has 0 bridgehead atoms. The van der Waals surface area contributed by atoms with Crippen LogP contribution in [0.1, 0.15) is 25.0 Å². The summed E-state index contributed by atoms with van der Waals surface area (Å²) in [6.45, 7) is 4.66. The third-order valence-electron chi connectivity index (χ3n) is 5.92. The first kappa shape index (κ1) is 17.5. The van der Waals surface area contributed by atoms with Crippen molar-refractivity contribution in [3.63, 3.8) is 0 Å². The van der Waals surface area contributed by atoms with Crippen molar-refractivity contribution >= 4 is 15.9 Å². The van der Waals surface area contributed by atoms with Crippen molar-refractivity contribution in [3.8, 4) is 33.4 Å². The molecule has 0 fully saturated rings. The van der Waals surface area contributed by atoms with Gasteiger partial charge in [-0.1, -0.05) is 96.5 Å². The number of hydrogen-bond donors (Lipinski definition) is 0. The van der Waals surface area contributed by atoms with E-state index in [9.17, 15) is 0 Å². The maximum absolute atomic E-state index is 3.72. The van der Waals surface area contributed by atoms with Crippen LogP contribution in [-0.4, -0.2) is 0 Å². The van der Waals surface area contributed by atoms with E-state index in [1.807, 2.05) is 0 Å². The first-order valence-electron chi connectivity index (χ1n) is 9.65. The SMILES string of the molecule is CC1(C)c2ccccc2-c2ccc(-c3cc(Br)cc(-c4ccccc4)c3)cc21. The molecule has 4 aromatic carbocycles. The summed E-state index contributed by atoms with van der Waals surface area (Å²) in [6, 6.07) is 33.0. The molecule has 0 saturated heterocycles. The Kier molecular flexibility index (Phi) is 4.03. The van der Waals surface area contributed by atoms with Crippen molar-refractivity contribution < 1.29 is 0 Å². The van der Waals surface area contributed by atoms with Gasteiger partial charge in [0, 0.05) is 9.89 Å². The summed E-state index contributed by atoms with van der Waals surface area (Å²) in [5.41, 5.74) is 10.5. The molecule has 1 aliphatic carbocycles. The minimum absolute atomic E-state index is 0.0240. The zero-order chi connectivity index (χ0) is 19.3. The standard InChI is InChI=1S/C27H21Br/c1-27(2)25-11-7-6-10-23(25)24-13-12-19(17-26(24)27)21-14-20(15-22(28)16-21)18-8-4-3-5-9-18/h3-17H,1-2H3. The van der Waals surface area contributed by atoms with Crippen molar-refractivity contribution in [2.45, 2.75) is 19.3 Å². The highest BCUT2D eigenvalue weighted by Gasteiger charge is 2.35. The van der Waals surface area contributed by atoms with Crippen LogP contribution in [0.4, 0.5) is 0 Å². The van der Waals surface area contributed by atoms with E-state index in [4.69, 9.17) is 0 Å². The molecule has 0 nitrogen and oxygen atoms in total. The predicted molar refractivity (Wildman–Crippen MR) is 123 cm³/mol. The van der Waals surface area contributed by atoms with Crippen molar-refractivity contribution in [3.05, 3.63) is 107 Å². The fraction of sp³-hybridized carbons (Fsp3) is 0.111. The predicted octanol–water partition coefficient (Wildman–Crippen LogP) is 8.09. The first-order valence-corrected chi connectivity index (χ1v) is 10.4. The molecule has 1 heteroatoms. The maximum Gasteiger partial charge on any atom is 0.0187 e. The lowest BCUT2D eigenvalue weighted by Gasteiger charge is -2.22. The minimum Gasteiger partial charge on any atom is -0.0622 e. The van der Waals surface area contributed by atoms with Crippen LogP contribution in [0.25, 0.3) is 33.4 Å². The van der Waals surface area contributed by atoms with E-state index in [2.05, 4.69) is 121 Å². The second-order valence-corrected chi connectivity index (χ2v) is 8.94. The highest BCUT2D eigenvalue weighted by molar-refractivity contribution is 9.10. The van der Waals surface area contributed by atoms with E-state index in [1.165, 1.54) is 44.5 Å². The van der Waals surface area contributed by atoms with Crippen molar-refractivity contribution in [2.24, 2.45) is 0 Å². The molecule has 0 spiro atoms. The van der Waals surface area contributed by atoms with Gasteiger partial charge in [-0.3, -0.25) is 0 Å². The molecule has 0 radical (unpaired) electrons. The summed E-state index contributed by atoms with van der Waals surface area (Å²) < 4.78 is 1.10. The summed E-state index contributed by atoms with van der Waals surface area (Å²) in [5, 5.41) is 0. The van der Waals surface area contributed by atoms with E-state index in [1.54, 1.807) is 0 Å². The van der Waals surface area contributed by atoms with Crippen LogP contribution in [0.15, 0.2) is 95.5 Å². The number of hydrogen-bond acceptors (Lipinski definition) is 0.